The first-order valence-corrected chi connectivity index (χ1v) is 6.16. The highest BCUT2D eigenvalue weighted by Gasteiger charge is 2.29. The second kappa shape index (κ2) is 5.24. The van der Waals surface area contributed by atoms with Crippen molar-refractivity contribution in [3.05, 3.63) is 36.0 Å². The van der Waals surface area contributed by atoms with Crippen molar-refractivity contribution in [1.82, 2.24) is 25.3 Å². The van der Waals surface area contributed by atoms with Crippen LogP contribution in [0, 0.1) is 5.95 Å². The number of hydrogen-bond donors (Lipinski definition) is 1. The second-order valence-corrected chi connectivity index (χ2v) is 4.43. The van der Waals surface area contributed by atoms with E-state index in [1.54, 1.807) is 11.0 Å². The summed E-state index contributed by atoms with van der Waals surface area (Å²) in [6.07, 6.45) is 1.85. The van der Waals surface area contributed by atoms with E-state index in [1.807, 2.05) is 0 Å². The van der Waals surface area contributed by atoms with E-state index in [1.165, 1.54) is 18.3 Å². The molecule has 7 nitrogen and oxygen atoms in total. The number of nitrogens with zero attached hydrogens (tertiary/aromatic N) is 4. The van der Waals surface area contributed by atoms with Gasteiger partial charge in [-0.3, -0.25) is 4.79 Å². The number of likely N-dealkylation sites (tertiary alicyclic amines) is 1. The van der Waals surface area contributed by atoms with Crippen molar-refractivity contribution in [3.63, 3.8) is 0 Å². The number of H-pyrrole nitrogens is 1. The maximum absolute atomic E-state index is 13.0. The minimum atomic E-state index is -0.587. The van der Waals surface area contributed by atoms with Crippen LogP contribution in [0.25, 0.3) is 0 Å². The quantitative estimate of drug-likeness (QED) is 0.832. The molecular formula is C12H12FN5O2. The summed E-state index contributed by atoms with van der Waals surface area (Å²) in [4.78, 5) is 17.3. The molecule has 1 fully saturated rings. The molecule has 1 saturated heterocycles. The molecule has 2 aromatic rings. The highest BCUT2D eigenvalue weighted by molar-refractivity contribution is 5.92. The molecule has 0 saturated carbocycles. The zero-order valence-electron chi connectivity index (χ0n) is 10.5. The van der Waals surface area contributed by atoms with Gasteiger partial charge in [0.25, 0.3) is 5.91 Å². The molecule has 0 aromatic carbocycles. The van der Waals surface area contributed by atoms with E-state index in [0.717, 1.165) is 0 Å². The molecule has 1 N–H and O–H groups in total. The standard InChI is InChI=1S/C12H12FN5O2/c13-10-2-1-3-11(15-10)20-8-4-5-18(7-8)12(19)9-6-14-17-16-9/h1-3,6,8H,4-5,7H2,(H,14,16,17). The molecule has 1 atom stereocenters. The molecule has 1 aliphatic heterocycles. The van der Waals surface area contributed by atoms with Crippen molar-refractivity contribution in [2.75, 3.05) is 13.1 Å². The number of ether oxygens (including phenoxy) is 1. The van der Waals surface area contributed by atoms with Gasteiger partial charge in [-0.15, -0.1) is 0 Å². The Morgan fingerprint density at radius 2 is 2.40 bits per heavy atom. The summed E-state index contributed by atoms with van der Waals surface area (Å²) in [5, 5.41) is 9.76. The van der Waals surface area contributed by atoms with Crippen molar-refractivity contribution in [1.29, 1.82) is 0 Å². The highest BCUT2D eigenvalue weighted by Crippen LogP contribution is 2.18. The molecule has 0 radical (unpaired) electrons. The molecule has 0 spiro atoms. The van der Waals surface area contributed by atoms with Gasteiger partial charge in [0.2, 0.25) is 11.8 Å². The van der Waals surface area contributed by atoms with Crippen LogP contribution >= 0.6 is 0 Å². The summed E-state index contributed by atoms with van der Waals surface area (Å²) in [6, 6.07) is 4.37. The zero-order chi connectivity index (χ0) is 13.9. The lowest BCUT2D eigenvalue weighted by Crippen LogP contribution is -2.31. The van der Waals surface area contributed by atoms with Gasteiger partial charge < -0.3 is 9.64 Å². The first kappa shape index (κ1) is 12.5. The number of amides is 1. The summed E-state index contributed by atoms with van der Waals surface area (Å²) in [5.74, 6) is -0.557. The van der Waals surface area contributed by atoms with Gasteiger partial charge in [-0.1, -0.05) is 6.07 Å². The van der Waals surface area contributed by atoms with Crippen molar-refractivity contribution in [2.45, 2.75) is 12.5 Å². The molecule has 8 heteroatoms. The zero-order valence-corrected chi connectivity index (χ0v) is 10.5. The Kier molecular flexibility index (Phi) is 3.28. The number of carbonyl (C=O) groups excluding carboxylic acids is 1. The average molecular weight is 277 g/mol. The Morgan fingerprint density at radius 1 is 1.50 bits per heavy atom. The van der Waals surface area contributed by atoms with E-state index < -0.39 is 5.95 Å². The van der Waals surface area contributed by atoms with E-state index in [9.17, 15) is 9.18 Å². The Balaban J connectivity index is 1.61. The van der Waals surface area contributed by atoms with Gasteiger partial charge >= 0.3 is 0 Å². The molecule has 3 heterocycles. The molecule has 3 rings (SSSR count). The van der Waals surface area contributed by atoms with E-state index >= 15 is 0 Å². The van der Waals surface area contributed by atoms with Gasteiger partial charge in [0.15, 0.2) is 5.69 Å². The maximum atomic E-state index is 13.0. The Bertz CT molecular complexity index is 604. The first-order valence-electron chi connectivity index (χ1n) is 6.16. The normalized spacial score (nSPS) is 18.2. The molecule has 0 bridgehead atoms. The van der Waals surface area contributed by atoms with Crippen LogP contribution in [0.15, 0.2) is 24.4 Å². The predicted octanol–water partition coefficient (Wildman–Crippen LogP) is 0.632. The second-order valence-electron chi connectivity index (χ2n) is 4.43. The van der Waals surface area contributed by atoms with Crippen LogP contribution in [0.2, 0.25) is 0 Å². The van der Waals surface area contributed by atoms with Crippen LogP contribution in [0.5, 0.6) is 5.88 Å². The Morgan fingerprint density at radius 3 is 3.15 bits per heavy atom. The summed E-state index contributed by atoms with van der Waals surface area (Å²) in [7, 11) is 0. The third-order valence-corrected chi connectivity index (χ3v) is 3.04. The fraction of sp³-hybridized carbons (Fsp3) is 0.333. The molecule has 104 valence electrons. The van der Waals surface area contributed by atoms with E-state index in [4.69, 9.17) is 4.74 Å². The van der Waals surface area contributed by atoms with Crippen LogP contribution in [-0.4, -0.2) is 50.4 Å². The van der Waals surface area contributed by atoms with Crippen LogP contribution in [0.3, 0.4) is 0 Å². The van der Waals surface area contributed by atoms with Gasteiger partial charge in [0.05, 0.1) is 12.7 Å². The highest BCUT2D eigenvalue weighted by atomic mass is 19.1. The first-order chi connectivity index (χ1) is 9.72. The average Bonchev–Trinajstić information content (AvgIpc) is 3.09. The molecule has 20 heavy (non-hydrogen) atoms. The molecule has 2 aromatic heterocycles. The van der Waals surface area contributed by atoms with Gasteiger partial charge in [0, 0.05) is 19.0 Å². The summed E-state index contributed by atoms with van der Waals surface area (Å²) < 4.78 is 18.5. The number of hydrogen-bond acceptors (Lipinski definition) is 5. The van der Waals surface area contributed by atoms with Crippen molar-refractivity contribution in [3.8, 4) is 5.88 Å². The number of aromatic nitrogens is 4. The molecule has 1 aliphatic rings. The fourth-order valence-electron chi connectivity index (χ4n) is 2.10. The summed E-state index contributed by atoms with van der Waals surface area (Å²) in [5.41, 5.74) is 0.273. The van der Waals surface area contributed by atoms with Gasteiger partial charge in [-0.25, -0.2) is 0 Å². The third-order valence-electron chi connectivity index (χ3n) is 3.04. The van der Waals surface area contributed by atoms with Crippen LogP contribution in [-0.2, 0) is 0 Å². The lowest BCUT2D eigenvalue weighted by Gasteiger charge is -2.15. The van der Waals surface area contributed by atoms with Gasteiger partial charge in [0.1, 0.15) is 6.10 Å². The number of halogens is 1. The summed E-state index contributed by atoms with van der Waals surface area (Å²) >= 11 is 0. The lowest BCUT2D eigenvalue weighted by atomic mass is 10.3. The lowest BCUT2D eigenvalue weighted by molar-refractivity contribution is 0.0765. The predicted molar refractivity (Wildman–Crippen MR) is 65.5 cm³/mol. The van der Waals surface area contributed by atoms with Crippen molar-refractivity contribution < 1.29 is 13.9 Å². The number of pyridine rings is 1. The smallest absolute Gasteiger partial charge is 0.276 e. The number of carbonyl (C=O) groups is 1. The largest absolute Gasteiger partial charge is 0.472 e. The van der Waals surface area contributed by atoms with Crippen LogP contribution < -0.4 is 4.74 Å². The molecule has 1 amide bonds. The number of rotatable bonds is 3. The van der Waals surface area contributed by atoms with Gasteiger partial charge in [-0.2, -0.15) is 24.8 Å². The Labute approximate surface area is 113 Å². The molecular weight excluding hydrogens is 265 g/mol. The van der Waals surface area contributed by atoms with E-state index in [2.05, 4.69) is 20.4 Å². The topological polar surface area (TPSA) is 84.0 Å². The van der Waals surface area contributed by atoms with Crippen LogP contribution in [0.4, 0.5) is 4.39 Å². The molecule has 0 aliphatic carbocycles. The van der Waals surface area contributed by atoms with Crippen molar-refractivity contribution in [2.24, 2.45) is 0 Å². The number of nitrogens with one attached hydrogen (secondary N) is 1. The Hall–Kier alpha value is -2.51. The monoisotopic (exact) mass is 277 g/mol. The van der Waals surface area contributed by atoms with Crippen LogP contribution in [0.1, 0.15) is 16.9 Å². The van der Waals surface area contributed by atoms with Crippen molar-refractivity contribution >= 4 is 5.91 Å². The summed E-state index contributed by atoms with van der Waals surface area (Å²) in [6.45, 7) is 0.982. The van der Waals surface area contributed by atoms with E-state index in [0.29, 0.717) is 19.5 Å². The minimum absolute atomic E-state index is 0.194. The number of aromatic amines is 1. The minimum Gasteiger partial charge on any atom is -0.472 e. The SMILES string of the molecule is O=C(c1cn[nH]n1)N1CCC(Oc2cccc(F)n2)C1. The molecule has 1 unspecified atom stereocenters. The fourth-order valence-corrected chi connectivity index (χ4v) is 2.10. The third kappa shape index (κ3) is 2.58. The van der Waals surface area contributed by atoms with Gasteiger partial charge in [-0.05, 0) is 6.07 Å². The van der Waals surface area contributed by atoms with E-state index in [-0.39, 0.29) is 23.6 Å². The maximum Gasteiger partial charge on any atom is 0.276 e.